The average Bonchev–Trinajstić information content (AvgIpc) is 2.28. The summed E-state index contributed by atoms with van der Waals surface area (Å²) in [4.78, 5) is 2.30. The fourth-order valence-corrected chi connectivity index (χ4v) is 2.62. The fourth-order valence-electron chi connectivity index (χ4n) is 2.21. The molecular weight excluding hydrogens is 288 g/mol. The van der Waals surface area contributed by atoms with E-state index in [-0.39, 0.29) is 0 Å². The van der Waals surface area contributed by atoms with Crippen molar-refractivity contribution in [1.29, 1.82) is 0 Å². The third kappa shape index (κ3) is 4.71. The zero-order valence-corrected chi connectivity index (χ0v) is 13.7. The molecule has 0 amide bonds. The first-order valence-electron chi connectivity index (χ1n) is 6.57. The third-order valence-electron chi connectivity index (χ3n) is 3.41. The monoisotopic (exact) mass is 312 g/mol. The molecule has 2 nitrogen and oxygen atoms in total. The van der Waals surface area contributed by atoms with Crippen molar-refractivity contribution in [3.8, 4) is 0 Å². The lowest BCUT2D eigenvalue weighted by Crippen LogP contribution is -2.42. The molecule has 0 saturated carbocycles. The van der Waals surface area contributed by atoms with Crippen molar-refractivity contribution in [2.24, 2.45) is 5.92 Å². The number of nitrogens with one attached hydrogen (secondary N) is 1. The van der Waals surface area contributed by atoms with Crippen molar-refractivity contribution in [2.75, 3.05) is 20.6 Å². The molecule has 0 aliphatic heterocycles. The molecule has 2 atom stereocenters. The van der Waals surface area contributed by atoms with Crippen molar-refractivity contribution in [3.63, 3.8) is 0 Å². The van der Waals surface area contributed by atoms with Gasteiger partial charge in [-0.15, -0.1) is 0 Å². The molecule has 0 aliphatic carbocycles. The SMILES string of the molecule is CC(NCC(C(C)C)N(C)C)c1cccc(Br)c1. The molecule has 0 spiro atoms. The second-order valence-corrected chi connectivity index (χ2v) is 6.38. The Hall–Kier alpha value is -0.380. The number of halogens is 1. The molecule has 0 radical (unpaired) electrons. The van der Waals surface area contributed by atoms with Crippen LogP contribution in [0.2, 0.25) is 0 Å². The van der Waals surface area contributed by atoms with Crippen LogP contribution in [0.5, 0.6) is 0 Å². The van der Waals surface area contributed by atoms with E-state index in [9.17, 15) is 0 Å². The van der Waals surface area contributed by atoms with E-state index in [1.54, 1.807) is 0 Å². The van der Waals surface area contributed by atoms with Crippen molar-refractivity contribution in [3.05, 3.63) is 34.3 Å². The number of hydrogen-bond donors (Lipinski definition) is 1. The Morgan fingerprint density at radius 2 is 1.89 bits per heavy atom. The molecule has 0 aliphatic rings. The van der Waals surface area contributed by atoms with Gasteiger partial charge in [0.1, 0.15) is 0 Å². The van der Waals surface area contributed by atoms with Gasteiger partial charge in [0.25, 0.3) is 0 Å². The first-order chi connectivity index (χ1) is 8.41. The predicted octanol–water partition coefficient (Wildman–Crippen LogP) is 3.69. The lowest BCUT2D eigenvalue weighted by atomic mass is 10.0. The van der Waals surface area contributed by atoms with Crippen LogP contribution in [-0.4, -0.2) is 31.6 Å². The maximum atomic E-state index is 3.63. The Morgan fingerprint density at radius 3 is 2.39 bits per heavy atom. The normalized spacial score (nSPS) is 15.1. The Labute approximate surface area is 120 Å². The van der Waals surface area contributed by atoms with Gasteiger partial charge >= 0.3 is 0 Å². The smallest absolute Gasteiger partial charge is 0.0292 e. The van der Waals surface area contributed by atoms with Gasteiger partial charge in [-0.05, 0) is 44.6 Å². The molecule has 3 heteroatoms. The topological polar surface area (TPSA) is 15.3 Å². The second kappa shape index (κ2) is 7.27. The van der Waals surface area contributed by atoms with Crippen LogP contribution in [0.1, 0.15) is 32.4 Å². The average molecular weight is 313 g/mol. The Morgan fingerprint density at radius 1 is 1.22 bits per heavy atom. The van der Waals surface area contributed by atoms with E-state index in [1.165, 1.54) is 5.56 Å². The molecule has 1 N–H and O–H groups in total. The highest BCUT2D eigenvalue weighted by Gasteiger charge is 2.16. The van der Waals surface area contributed by atoms with Gasteiger partial charge in [0.15, 0.2) is 0 Å². The first-order valence-corrected chi connectivity index (χ1v) is 7.36. The Bertz CT molecular complexity index is 355. The molecule has 0 fully saturated rings. The number of hydrogen-bond acceptors (Lipinski definition) is 2. The molecule has 0 saturated heterocycles. The number of rotatable bonds is 6. The van der Waals surface area contributed by atoms with E-state index in [0.29, 0.717) is 18.0 Å². The van der Waals surface area contributed by atoms with Gasteiger partial charge in [0, 0.05) is 23.1 Å². The Kier molecular flexibility index (Phi) is 6.33. The minimum atomic E-state index is 0.378. The van der Waals surface area contributed by atoms with Gasteiger partial charge in [-0.25, -0.2) is 0 Å². The zero-order chi connectivity index (χ0) is 13.7. The van der Waals surface area contributed by atoms with Gasteiger partial charge in [-0.1, -0.05) is 41.9 Å². The lowest BCUT2D eigenvalue weighted by molar-refractivity contribution is 0.220. The summed E-state index contributed by atoms with van der Waals surface area (Å²) in [6, 6.07) is 9.44. The van der Waals surface area contributed by atoms with Gasteiger partial charge in [-0.2, -0.15) is 0 Å². The first kappa shape index (κ1) is 15.7. The molecule has 0 heterocycles. The zero-order valence-electron chi connectivity index (χ0n) is 12.1. The van der Waals surface area contributed by atoms with Gasteiger partial charge in [0.2, 0.25) is 0 Å². The largest absolute Gasteiger partial charge is 0.309 e. The van der Waals surface area contributed by atoms with Gasteiger partial charge in [0.05, 0.1) is 0 Å². The molecule has 18 heavy (non-hydrogen) atoms. The molecule has 102 valence electrons. The summed E-state index contributed by atoms with van der Waals surface area (Å²) in [6.07, 6.45) is 0. The van der Waals surface area contributed by atoms with Crippen LogP contribution in [0, 0.1) is 5.92 Å². The van der Waals surface area contributed by atoms with E-state index < -0.39 is 0 Å². The van der Waals surface area contributed by atoms with Crippen LogP contribution in [0.15, 0.2) is 28.7 Å². The Balaban J connectivity index is 2.57. The van der Waals surface area contributed by atoms with E-state index in [1.807, 2.05) is 0 Å². The number of benzene rings is 1. The predicted molar refractivity (Wildman–Crippen MR) is 82.9 cm³/mol. The van der Waals surface area contributed by atoms with Crippen LogP contribution in [0.25, 0.3) is 0 Å². The summed E-state index contributed by atoms with van der Waals surface area (Å²) < 4.78 is 1.14. The van der Waals surface area contributed by atoms with Gasteiger partial charge < -0.3 is 10.2 Å². The van der Waals surface area contributed by atoms with E-state index in [0.717, 1.165) is 11.0 Å². The van der Waals surface area contributed by atoms with E-state index in [4.69, 9.17) is 0 Å². The fraction of sp³-hybridized carbons (Fsp3) is 0.600. The quantitative estimate of drug-likeness (QED) is 0.862. The highest BCUT2D eigenvalue weighted by Crippen LogP contribution is 2.18. The summed E-state index contributed by atoms with van der Waals surface area (Å²) in [7, 11) is 4.30. The van der Waals surface area contributed by atoms with Crippen LogP contribution in [-0.2, 0) is 0 Å². The summed E-state index contributed by atoms with van der Waals surface area (Å²) in [5.74, 6) is 0.655. The maximum absolute atomic E-state index is 3.63. The highest BCUT2D eigenvalue weighted by molar-refractivity contribution is 9.10. The van der Waals surface area contributed by atoms with Crippen LogP contribution < -0.4 is 5.32 Å². The molecule has 1 rings (SSSR count). The molecule has 1 aromatic rings. The van der Waals surface area contributed by atoms with Crippen LogP contribution in [0.3, 0.4) is 0 Å². The summed E-state index contributed by atoms with van der Waals surface area (Å²) in [5, 5.41) is 3.63. The summed E-state index contributed by atoms with van der Waals surface area (Å²) in [5.41, 5.74) is 1.32. The molecule has 2 unspecified atom stereocenters. The van der Waals surface area contributed by atoms with Gasteiger partial charge in [-0.3, -0.25) is 0 Å². The molecule has 1 aromatic carbocycles. The molecule has 0 bridgehead atoms. The lowest BCUT2D eigenvalue weighted by Gasteiger charge is -2.29. The molecule has 0 aromatic heterocycles. The summed E-state index contributed by atoms with van der Waals surface area (Å²) >= 11 is 3.52. The number of nitrogens with zero attached hydrogens (tertiary/aromatic N) is 1. The van der Waals surface area contributed by atoms with Crippen LogP contribution in [0.4, 0.5) is 0 Å². The minimum Gasteiger partial charge on any atom is -0.309 e. The number of likely N-dealkylation sites (N-methyl/N-ethyl adjacent to an activating group) is 1. The minimum absolute atomic E-state index is 0.378. The standard InChI is InChI=1S/C15H25BrN2/c1-11(2)15(18(4)5)10-17-12(3)13-7-6-8-14(16)9-13/h6-9,11-12,15,17H,10H2,1-5H3. The second-order valence-electron chi connectivity index (χ2n) is 5.46. The van der Waals surface area contributed by atoms with Crippen molar-refractivity contribution in [2.45, 2.75) is 32.9 Å². The maximum Gasteiger partial charge on any atom is 0.0292 e. The van der Waals surface area contributed by atoms with Crippen molar-refractivity contribution < 1.29 is 0 Å². The third-order valence-corrected chi connectivity index (χ3v) is 3.91. The molecular formula is C15H25BrN2. The summed E-state index contributed by atoms with van der Waals surface area (Å²) in [6.45, 7) is 7.78. The highest BCUT2D eigenvalue weighted by atomic mass is 79.9. The van der Waals surface area contributed by atoms with E-state index in [2.05, 4.69) is 85.3 Å². The van der Waals surface area contributed by atoms with Crippen molar-refractivity contribution >= 4 is 15.9 Å². The van der Waals surface area contributed by atoms with Crippen molar-refractivity contribution in [1.82, 2.24) is 10.2 Å². The van der Waals surface area contributed by atoms with E-state index >= 15 is 0 Å². The van der Waals surface area contributed by atoms with Crippen LogP contribution >= 0.6 is 15.9 Å².